The van der Waals surface area contributed by atoms with Gasteiger partial charge in [-0.3, -0.25) is 4.98 Å². The fourth-order valence-corrected chi connectivity index (χ4v) is 3.61. The topological polar surface area (TPSA) is 93.9 Å². The maximum Gasteiger partial charge on any atom is 0.389 e. The highest BCUT2D eigenvalue weighted by Gasteiger charge is 2.29. The van der Waals surface area contributed by atoms with E-state index < -0.39 is 24.7 Å². The summed E-state index contributed by atoms with van der Waals surface area (Å²) in [7, 11) is 3.02. The minimum atomic E-state index is -4.26. The lowest BCUT2D eigenvalue weighted by Gasteiger charge is -2.25. The number of nitrogens with one attached hydrogen (secondary N) is 1. The molecule has 3 aromatic rings. The van der Waals surface area contributed by atoms with Crippen LogP contribution in [0.2, 0.25) is 0 Å². The number of alkyl halides is 3. The number of ether oxygens (including phenoxy) is 2. The van der Waals surface area contributed by atoms with Crippen LogP contribution in [0.3, 0.4) is 0 Å². The summed E-state index contributed by atoms with van der Waals surface area (Å²) in [4.78, 5) is 27.4. The number of hydrogen-bond acceptors (Lipinski definition) is 6. The molecule has 3 rings (SSSR count). The van der Waals surface area contributed by atoms with Crippen LogP contribution in [0.1, 0.15) is 38.8 Å². The molecule has 0 saturated carbocycles. The molecule has 0 radical (unpaired) electrons. The molecule has 9 nitrogen and oxygen atoms in total. The Balaban J connectivity index is 1.82. The molecule has 0 spiro atoms. The van der Waals surface area contributed by atoms with Gasteiger partial charge in [-0.05, 0) is 25.8 Å². The molecule has 0 aliphatic heterocycles. The zero-order valence-electron chi connectivity index (χ0n) is 20.1. The molecule has 0 aliphatic rings. The number of nitrogens with zero attached hydrogens (tertiary/aromatic N) is 5. The normalized spacial score (nSPS) is 12.4. The quantitative estimate of drug-likeness (QED) is 0.447. The van der Waals surface area contributed by atoms with Crippen molar-refractivity contribution < 1.29 is 27.4 Å². The standard InChI is InChI=1S/C23H29F3N6O3/c1-5-15(7-8-23(24,25)26)29-22(33)31(6-2)13-16-11-17(19(34-3)12-28-16)18-14-32-10-9-27-20(32)21(30-18)35-4/h9-12,14-15H,5-8,13H2,1-4H3,(H,29,33). The number of carbonyl (C=O) groups excluding carboxylic acids is 1. The van der Waals surface area contributed by atoms with E-state index in [0.29, 0.717) is 47.2 Å². The molecule has 3 heterocycles. The van der Waals surface area contributed by atoms with E-state index in [4.69, 9.17) is 9.47 Å². The number of rotatable bonds is 10. The minimum Gasteiger partial charge on any atom is -0.494 e. The van der Waals surface area contributed by atoms with Crippen molar-refractivity contribution in [2.24, 2.45) is 0 Å². The SMILES string of the molecule is CCC(CCC(F)(F)F)NC(=O)N(CC)Cc1cc(-c2cn3ccnc3c(OC)n2)c(OC)cn1. The summed E-state index contributed by atoms with van der Waals surface area (Å²) in [5.74, 6) is 0.820. The van der Waals surface area contributed by atoms with Gasteiger partial charge in [-0.15, -0.1) is 0 Å². The average Bonchev–Trinajstić information content (AvgIpc) is 3.32. The zero-order chi connectivity index (χ0) is 25.6. The zero-order valence-corrected chi connectivity index (χ0v) is 20.1. The second-order valence-corrected chi connectivity index (χ2v) is 7.89. The molecule has 1 unspecified atom stereocenters. The highest BCUT2D eigenvalue weighted by molar-refractivity contribution is 5.74. The molecular weight excluding hydrogens is 465 g/mol. The van der Waals surface area contributed by atoms with Crippen LogP contribution in [-0.2, 0) is 6.54 Å². The van der Waals surface area contributed by atoms with E-state index in [1.54, 1.807) is 49.1 Å². The molecule has 12 heteroatoms. The van der Waals surface area contributed by atoms with E-state index in [1.165, 1.54) is 19.1 Å². The van der Waals surface area contributed by atoms with Crippen LogP contribution in [0.5, 0.6) is 11.6 Å². The monoisotopic (exact) mass is 494 g/mol. The lowest BCUT2D eigenvalue weighted by molar-refractivity contribution is -0.136. The first-order valence-corrected chi connectivity index (χ1v) is 11.2. The van der Waals surface area contributed by atoms with Gasteiger partial charge in [-0.1, -0.05) is 6.92 Å². The van der Waals surface area contributed by atoms with E-state index in [-0.39, 0.29) is 13.0 Å². The number of imidazole rings is 1. The van der Waals surface area contributed by atoms with Gasteiger partial charge in [0.2, 0.25) is 0 Å². The third-order valence-corrected chi connectivity index (χ3v) is 5.58. The van der Waals surface area contributed by atoms with Crippen molar-refractivity contribution in [3.63, 3.8) is 0 Å². The maximum atomic E-state index is 12.8. The number of aromatic nitrogens is 4. The second-order valence-electron chi connectivity index (χ2n) is 7.89. The Morgan fingerprint density at radius 1 is 1.23 bits per heavy atom. The third kappa shape index (κ3) is 6.52. The molecule has 190 valence electrons. The lowest BCUT2D eigenvalue weighted by atomic mass is 10.1. The Bertz CT molecular complexity index is 1150. The van der Waals surface area contributed by atoms with Crippen molar-refractivity contribution in [1.82, 2.24) is 29.6 Å². The summed E-state index contributed by atoms with van der Waals surface area (Å²) >= 11 is 0. The van der Waals surface area contributed by atoms with Crippen LogP contribution >= 0.6 is 0 Å². The van der Waals surface area contributed by atoms with Crippen molar-refractivity contribution in [1.29, 1.82) is 0 Å². The molecule has 0 fully saturated rings. The fraction of sp³-hybridized carbons (Fsp3) is 0.478. The smallest absolute Gasteiger partial charge is 0.389 e. The van der Waals surface area contributed by atoms with Crippen molar-refractivity contribution in [2.75, 3.05) is 20.8 Å². The number of fused-ring (bicyclic) bond motifs is 1. The molecule has 2 amide bonds. The summed E-state index contributed by atoms with van der Waals surface area (Å²) in [6.07, 6.45) is 1.75. The van der Waals surface area contributed by atoms with Crippen LogP contribution in [0.4, 0.5) is 18.0 Å². The fourth-order valence-electron chi connectivity index (χ4n) is 3.61. The van der Waals surface area contributed by atoms with Gasteiger partial charge in [-0.2, -0.15) is 13.2 Å². The molecule has 0 aromatic carbocycles. The molecule has 35 heavy (non-hydrogen) atoms. The number of hydrogen-bond donors (Lipinski definition) is 1. The maximum absolute atomic E-state index is 12.8. The largest absolute Gasteiger partial charge is 0.494 e. The van der Waals surface area contributed by atoms with E-state index in [9.17, 15) is 18.0 Å². The second kappa shape index (κ2) is 11.2. The van der Waals surface area contributed by atoms with E-state index >= 15 is 0 Å². The van der Waals surface area contributed by atoms with Crippen LogP contribution in [0.15, 0.2) is 30.9 Å². The minimum absolute atomic E-state index is 0.152. The molecule has 3 aromatic heterocycles. The van der Waals surface area contributed by atoms with Gasteiger partial charge in [0.25, 0.3) is 5.88 Å². The first-order chi connectivity index (χ1) is 16.7. The Morgan fingerprint density at radius 2 is 2.00 bits per heavy atom. The van der Waals surface area contributed by atoms with Gasteiger partial charge in [0.1, 0.15) is 5.75 Å². The third-order valence-electron chi connectivity index (χ3n) is 5.58. The summed E-state index contributed by atoms with van der Waals surface area (Å²) in [6.45, 7) is 4.03. The number of halogens is 3. The number of urea groups is 1. The number of carbonyl (C=O) groups is 1. The Hall–Kier alpha value is -3.57. The Morgan fingerprint density at radius 3 is 2.63 bits per heavy atom. The number of methoxy groups -OCH3 is 2. The predicted molar refractivity (Wildman–Crippen MR) is 123 cm³/mol. The van der Waals surface area contributed by atoms with E-state index in [1.807, 2.05) is 0 Å². The molecule has 0 bridgehead atoms. The summed E-state index contributed by atoms with van der Waals surface area (Å²) in [5.41, 5.74) is 2.32. The highest BCUT2D eigenvalue weighted by Crippen LogP contribution is 2.31. The summed E-state index contributed by atoms with van der Waals surface area (Å²) < 4.78 is 50.4. The van der Waals surface area contributed by atoms with Gasteiger partial charge in [0, 0.05) is 43.2 Å². The predicted octanol–water partition coefficient (Wildman–Crippen LogP) is 4.46. The number of amides is 2. The molecule has 1 N–H and O–H groups in total. The van der Waals surface area contributed by atoms with Crippen LogP contribution in [0, 0.1) is 0 Å². The van der Waals surface area contributed by atoms with Gasteiger partial charge in [0.05, 0.1) is 38.3 Å². The molecule has 1 atom stereocenters. The average molecular weight is 495 g/mol. The lowest BCUT2D eigenvalue weighted by Crippen LogP contribution is -2.44. The van der Waals surface area contributed by atoms with Crippen LogP contribution in [-0.4, -0.2) is 63.3 Å². The van der Waals surface area contributed by atoms with Gasteiger partial charge < -0.3 is 24.1 Å². The summed E-state index contributed by atoms with van der Waals surface area (Å²) in [6, 6.07) is 0.747. The van der Waals surface area contributed by atoms with Crippen molar-refractivity contribution in [3.8, 4) is 22.9 Å². The molecular formula is C23H29F3N6O3. The van der Waals surface area contributed by atoms with Gasteiger partial charge in [-0.25, -0.2) is 14.8 Å². The van der Waals surface area contributed by atoms with E-state index in [2.05, 4.69) is 20.3 Å². The van der Waals surface area contributed by atoms with Crippen molar-refractivity contribution >= 4 is 11.7 Å². The van der Waals surface area contributed by atoms with Crippen LogP contribution in [0.25, 0.3) is 16.9 Å². The van der Waals surface area contributed by atoms with Crippen molar-refractivity contribution in [3.05, 3.63) is 36.5 Å². The molecule has 0 saturated heterocycles. The van der Waals surface area contributed by atoms with Crippen molar-refractivity contribution in [2.45, 2.75) is 51.9 Å². The number of pyridine rings is 1. The van der Waals surface area contributed by atoms with Gasteiger partial charge in [0.15, 0.2) is 5.65 Å². The Labute approximate surface area is 201 Å². The van der Waals surface area contributed by atoms with Crippen LogP contribution < -0.4 is 14.8 Å². The van der Waals surface area contributed by atoms with Gasteiger partial charge >= 0.3 is 12.2 Å². The first-order valence-electron chi connectivity index (χ1n) is 11.2. The molecule has 0 aliphatic carbocycles. The van der Waals surface area contributed by atoms with E-state index in [0.717, 1.165) is 0 Å². The summed E-state index contributed by atoms with van der Waals surface area (Å²) in [5, 5.41) is 2.71. The first kappa shape index (κ1) is 26.0. The Kier molecular flexibility index (Phi) is 8.36. The highest BCUT2D eigenvalue weighted by atomic mass is 19.4.